The van der Waals surface area contributed by atoms with Crippen LogP contribution < -0.4 is 15.8 Å². The normalized spacial score (nSPS) is 24.5. The van der Waals surface area contributed by atoms with E-state index in [0.29, 0.717) is 0 Å². The molecular weight excluding hydrogens is 216 g/mol. The predicted molar refractivity (Wildman–Crippen MR) is 66.5 cm³/mol. The zero-order valence-electron chi connectivity index (χ0n) is 9.93. The molecule has 0 radical (unpaired) electrons. The minimum absolute atomic E-state index is 0.0306. The summed E-state index contributed by atoms with van der Waals surface area (Å²) in [7, 11) is 0. The first kappa shape index (κ1) is 10.8. The number of piperidine rings is 1. The van der Waals surface area contributed by atoms with Gasteiger partial charge in [-0.1, -0.05) is 0 Å². The average molecular weight is 234 g/mol. The molecule has 2 aliphatic heterocycles. The summed E-state index contributed by atoms with van der Waals surface area (Å²) in [6, 6.07) is 1.95. The van der Waals surface area contributed by atoms with Crippen molar-refractivity contribution in [3.8, 4) is 0 Å². The molecule has 3 rings (SSSR count). The fourth-order valence-electron chi connectivity index (χ4n) is 2.47. The molecule has 0 amide bonds. The van der Waals surface area contributed by atoms with Gasteiger partial charge in [-0.3, -0.25) is 4.79 Å². The quantitative estimate of drug-likeness (QED) is 0.803. The van der Waals surface area contributed by atoms with E-state index in [1.54, 1.807) is 10.7 Å². The second-order valence-corrected chi connectivity index (χ2v) is 4.84. The van der Waals surface area contributed by atoms with Crippen molar-refractivity contribution in [1.29, 1.82) is 0 Å². The van der Waals surface area contributed by atoms with Crippen molar-refractivity contribution in [3.05, 3.63) is 22.6 Å². The zero-order chi connectivity index (χ0) is 11.7. The molecular formula is C12H18N4O. The van der Waals surface area contributed by atoms with Crippen LogP contribution in [-0.2, 0) is 0 Å². The minimum Gasteiger partial charge on any atom is -0.370 e. The van der Waals surface area contributed by atoms with Crippen LogP contribution in [0.5, 0.6) is 0 Å². The van der Waals surface area contributed by atoms with Gasteiger partial charge >= 0.3 is 0 Å². The number of aromatic nitrogens is 2. The van der Waals surface area contributed by atoms with E-state index in [-0.39, 0.29) is 11.6 Å². The lowest BCUT2D eigenvalue weighted by atomic mass is 10.1. The number of anilines is 1. The molecule has 92 valence electrons. The van der Waals surface area contributed by atoms with Gasteiger partial charge in [0.15, 0.2) is 0 Å². The molecule has 0 unspecified atom stereocenters. The molecule has 2 fully saturated rings. The van der Waals surface area contributed by atoms with E-state index < -0.39 is 0 Å². The fourth-order valence-corrected chi connectivity index (χ4v) is 2.47. The molecule has 2 aliphatic rings. The van der Waals surface area contributed by atoms with Crippen LogP contribution in [0.1, 0.15) is 25.3 Å². The highest BCUT2D eigenvalue weighted by Crippen LogP contribution is 2.18. The van der Waals surface area contributed by atoms with E-state index in [0.717, 1.165) is 44.7 Å². The number of nitrogens with zero attached hydrogens (tertiary/aromatic N) is 3. The van der Waals surface area contributed by atoms with E-state index >= 15 is 0 Å². The Morgan fingerprint density at radius 1 is 1.35 bits per heavy atom. The van der Waals surface area contributed by atoms with Gasteiger partial charge in [0.25, 0.3) is 5.56 Å². The summed E-state index contributed by atoms with van der Waals surface area (Å²) in [6.07, 6.45) is 5.21. The van der Waals surface area contributed by atoms with Crippen molar-refractivity contribution in [2.45, 2.75) is 25.3 Å². The molecule has 5 nitrogen and oxygen atoms in total. The summed E-state index contributed by atoms with van der Waals surface area (Å²) in [6.45, 7) is 4.01. The Morgan fingerprint density at radius 2 is 2.24 bits per heavy atom. The first-order valence-electron chi connectivity index (χ1n) is 6.39. The van der Waals surface area contributed by atoms with Gasteiger partial charge in [-0.25, -0.2) is 4.68 Å². The van der Waals surface area contributed by atoms with Crippen LogP contribution in [0.25, 0.3) is 0 Å². The van der Waals surface area contributed by atoms with Gasteiger partial charge in [-0.15, -0.1) is 0 Å². The Morgan fingerprint density at radius 3 is 2.82 bits per heavy atom. The third kappa shape index (κ3) is 2.07. The summed E-state index contributed by atoms with van der Waals surface area (Å²) in [5, 5.41) is 7.64. The fraction of sp³-hybridized carbons (Fsp3) is 0.667. The molecule has 0 spiro atoms. The second-order valence-electron chi connectivity index (χ2n) is 4.84. The number of hydrogen-bond acceptors (Lipinski definition) is 4. The van der Waals surface area contributed by atoms with Gasteiger partial charge in [0.1, 0.15) is 0 Å². The van der Waals surface area contributed by atoms with Crippen molar-refractivity contribution < 1.29 is 0 Å². The first-order chi connectivity index (χ1) is 8.34. The summed E-state index contributed by atoms with van der Waals surface area (Å²) >= 11 is 0. The second kappa shape index (κ2) is 4.49. The van der Waals surface area contributed by atoms with Crippen molar-refractivity contribution in [3.63, 3.8) is 0 Å². The maximum absolute atomic E-state index is 12.0. The average Bonchev–Trinajstić information content (AvgIpc) is 2.28. The Bertz CT molecular complexity index is 446. The van der Waals surface area contributed by atoms with Crippen molar-refractivity contribution >= 4 is 5.69 Å². The molecule has 1 aromatic heterocycles. The minimum atomic E-state index is 0.0306. The Balaban J connectivity index is 1.82. The van der Waals surface area contributed by atoms with E-state index in [1.807, 2.05) is 6.20 Å². The summed E-state index contributed by atoms with van der Waals surface area (Å²) in [5.41, 5.74) is 1.00. The third-order valence-electron chi connectivity index (χ3n) is 3.65. The topological polar surface area (TPSA) is 50.2 Å². The van der Waals surface area contributed by atoms with E-state index in [9.17, 15) is 4.79 Å². The summed E-state index contributed by atoms with van der Waals surface area (Å²) < 4.78 is 1.63. The van der Waals surface area contributed by atoms with Crippen molar-refractivity contribution in [2.24, 2.45) is 0 Å². The standard InChI is InChI=1S/C12H18N4O/c17-12-7-11(15-5-2-6-15)9-14-16(12)10-3-1-4-13-8-10/h7,9-10,13H,1-6,8H2/t10-/m1/s1. The molecule has 0 aromatic carbocycles. The van der Waals surface area contributed by atoms with Crippen LogP contribution in [0.3, 0.4) is 0 Å². The molecule has 1 atom stereocenters. The maximum Gasteiger partial charge on any atom is 0.269 e. The third-order valence-corrected chi connectivity index (χ3v) is 3.65. The molecule has 5 heteroatoms. The lowest BCUT2D eigenvalue weighted by Gasteiger charge is -2.33. The molecule has 1 N–H and O–H groups in total. The number of nitrogens with one attached hydrogen (secondary N) is 1. The van der Waals surface area contributed by atoms with Gasteiger partial charge in [-0.05, 0) is 25.8 Å². The Labute approximate surface area is 100 Å². The zero-order valence-corrected chi connectivity index (χ0v) is 9.93. The van der Waals surface area contributed by atoms with Crippen LogP contribution in [0.2, 0.25) is 0 Å². The smallest absolute Gasteiger partial charge is 0.269 e. The SMILES string of the molecule is O=c1cc(N2CCC2)cnn1[C@@H]1CCCNC1. The van der Waals surface area contributed by atoms with E-state index in [1.165, 1.54) is 6.42 Å². The summed E-state index contributed by atoms with van der Waals surface area (Å²) in [5.74, 6) is 0. The maximum atomic E-state index is 12.0. The molecule has 17 heavy (non-hydrogen) atoms. The van der Waals surface area contributed by atoms with Crippen molar-refractivity contribution in [2.75, 3.05) is 31.1 Å². The first-order valence-corrected chi connectivity index (χ1v) is 6.39. The predicted octanol–water partition coefficient (Wildman–Crippen LogP) is 0.378. The van der Waals surface area contributed by atoms with Gasteiger partial charge < -0.3 is 10.2 Å². The molecule has 2 saturated heterocycles. The lowest BCUT2D eigenvalue weighted by Crippen LogP contribution is -2.40. The monoisotopic (exact) mass is 234 g/mol. The summed E-state index contributed by atoms with van der Waals surface area (Å²) in [4.78, 5) is 14.2. The van der Waals surface area contributed by atoms with Crippen LogP contribution in [0.15, 0.2) is 17.1 Å². The van der Waals surface area contributed by atoms with Crippen LogP contribution in [-0.4, -0.2) is 36.0 Å². The highest BCUT2D eigenvalue weighted by atomic mass is 16.1. The van der Waals surface area contributed by atoms with Crippen molar-refractivity contribution in [1.82, 2.24) is 15.1 Å². The van der Waals surface area contributed by atoms with E-state index in [4.69, 9.17) is 0 Å². The molecule has 0 bridgehead atoms. The van der Waals surface area contributed by atoms with Crippen LogP contribution in [0.4, 0.5) is 5.69 Å². The molecule has 0 saturated carbocycles. The molecule has 0 aliphatic carbocycles. The Kier molecular flexibility index (Phi) is 2.84. The largest absolute Gasteiger partial charge is 0.370 e. The van der Waals surface area contributed by atoms with Gasteiger partial charge in [0.2, 0.25) is 0 Å². The van der Waals surface area contributed by atoms with Crippen LogP contribution in [0, 0.1) is 0 Å². The number of rotatable bonds is 2. The molecule has 1 aromatic rings. The Hall–Kier alpha value is -1.36. The van der Waals surface area contributed by atoms with Gasteiger partial charge in [0.05, 0.1) is 17.9 Å². The highest BCUT2D eigenvalue weighted by Gasteiger charge is 2.19. The van der Waals surface area contributed by atoms with Gasteiger partial charge in [-0.2, -0.15) is 5.10 Å². The number of hydrogen-bond donors (Lipinski definition) is 1. The van der Waals surface area contributed by atoms with E-state index in [2.05, 4.69) is 15.3 Å². The van der Waals surface area contributed by atoms with Gasteiger partial charge in [0, 0.05) is 25.7 Å². The lowest BCUT2D eigenvalue weighted by molar-refractivity contribution is 0.335. The molecule has 3 heterocycles. The van der Waals surface area contributed by atoms with Crippen LogP contribution >= 0.6 is 0 Å². The highest BCUT2D eigenvalue weighted by molar-refractivity contribution is 5.44.